The van der Waals surface area contributed by atoms with Gasteiger partial charge < -0.3 is 30.3 Å². The van der Waals surface area contributed by atoms with Crippen LogP contribution in [-0.2, 0) is 11.2 Å². The molecule has 0 spiro atoms. The van der Waals surface area contributed by atoms with E-state index in [-0.39, 0.29) is 6.42 Å². The number of hydrogen-bond donors (Lipinski definition) is 5. The van der Waals surface area contributed by atoms with Crippen LogP contribution in [0.3, 0.4) is 0 Å². The van der Waals surface area contributed by atoms with Crippen molar-refractivity contribution in [1.29, 1.82) is 0 Å². The van der Waals surface area contributed by atoms with E-state index in [1.807, 2.05) is 6.07 Å². The summed E-state index contributed by atoms with van der Waals surface area (Å²) in [6.07, 6.45) is -5.61. The lowest BCUT2D eigenvalue weighted by Gasteiger charge is -2.31. The van der Waals surface area contributed by atoms with Crippen molar-refractivity contribution in [1.82, 2.24) is 0 Å². The Morgan fingerprint density at radius 3 is 2.37 bits per heavy atom. The van der Waals surface area contributed by atoms with E-state index in [0.717, 1.165) is 5.56 Å². The molecule has 1 unspecified atom stereocenters. The van der Waals surface area contributed by atoms with E-state index in [9.17, 15) is 20.4 Å². The maximum Gasteiger partial charge on any atom is 0.222 e. The topological polar surface area (TPSA) is 110 Å². The summed E-state index contributed by atoms with van der Waals surface area (Å²) in [4.78, 5) is 0. The smallest absolute Gasteiger partial charge is 0.222 e. The molecule has 2 rings (SSSR count). The van der Waals surface area contributed by atoms with Crippen molar-refractivity contribution >= 4 is 0 Å². The van der Waals surface area contributed by atoms with Crippen LogP contribution in [0.1, 0.15) is 5.56 Å². The normalized spacial score (nSPS) is 36.4. The second-order valence-electron chi connectivity index (χ2n) is 4.73. The lowest BCUT2D eigenvalue weighted by molar-refractivity contribution is -0.277. The van der Waals surface area contributed by atoms with Crippen LogP contribution in [-0.4, -0.2) is 62.3 Å². The Morgan fingerprint density at radius 2 is 1.84 bits per heavy atom. The Kier molecular flexibility index (Phi) is 4.19. The average molecular weight is 270 g/mol. The summed E-state index contributed by atoms with van der Waals surface area (Å²) >= 11 is 0. The molecule has 0 radical (unpaired) electrons. The molecule has 1 aromatic carbocycles. The van der Waals surface area contributed by atoms with E-state index in [1.165, 1.54) is 0 Å². The zero-order valence-corrected chi connectivity index (χ0v) is 10.3. The fourth-order valence-corrected chi connectivity index (χ4v) is 2.23. The molecule has 5 atom stereocenters. The molecule has 1 heterocycles. The van der Waals surface area contributed by atoms with E-state index in [1.54, 1.807) is 24.3 Å². The van der Waals surface area contributed by atoms with Crippen LogP contribution >= 0.6 is 0 Å². The zero-order chi connectivity index (χ0) is 14.0. The highest BCUT2D eigenvalue weighted by Crippen LogP contribution is 2.33. The van der Waals surface area contributed by atoms with Gasteiger partial charge in [-0.1, -0.05) is 30.3 Å². The maximum atomic E-state index is 10.2. The van der Waals surface area contributed by atoms with Crippen molar-refractivity contribution in [3.8, 4) is 0 Å². The van der Waals surface area contributed by atoms with Crippen molar-refractivity contribution in [3.63, 3.8) is 0 Å². The summed E-state index contributed by atoms with van der Waals surface area (Å²) < 4.78 is 5.01. The van der Waals surface area contributed by atoms with E-state index in [2.05, 4.69) is 0 Å². The molecule has 6 heteroatoms. The highest BCUT2D eigenvalue weighted by molar-refractivity contribution is 5.17. The minimum absolute atomic E-state index is 0.0548. The quantitative estimate of drug-likeness (QED) is 0.450. The van der Waals surface area contributed by atoms with Crippen LogP contribution in [0.5, 0.6) is 0 Å². The van der Waals surface area contributed by atoms with Crippen LogP contribution < -0.4 is 0 Å². The first kappa shape index (κ1) is 14.4. The predicted octanol–water partition coefficient (Wildman–Crippen LogP) is -1.61. The summed E-state index contributed by atoms with van der Waals surface area (Å²) in [5.41, 5.74) is 0.751. The molecule has 1 aromatic rings. The van der Waals surface area contributed by atoms with Crippen molar-refractivity contribution in [2.24, 2.45) is 0 Å². The summed E-state index contributed by atoms with van der Waals surface area (Å²) in [7, 11) is 0. The third kappa shape index (κ3) is 2.64. The van der Waals surface area contributed by atoms with Gasteiger partial charge in [0.05, 0.1) is 6.61 Å². The highest BCUT2D eigenvalue weighted by atomic mass is 16.7. The molecule has 0 saturated carbocycles. The molecular formula is C13H18O6. The van der Waals surface area contributed by atoms with Crippen molar-refractivity contribution in [2.45, 2.75) is 36.6 Å². The fraction of sp³-hybridized carbons (Fsp3) is 0.538. The van der Waals surface area contributed by atoms with Gasteiger partial charge in [-0.2, -0.15) is 0 Å². The number of rotatable bonds is 4. The van der Waals surface area contributed by atoms with Gasteiger partial charge in [0.15, 0.2) is 0 Å². The highest BCUT2D eigenvalue weighted by Gasteiger charge is 2.56. The molecular weight excluding hydrogens is 252 g/mol. The monoisotopic (exact) mass is 270 g/mol. The molecule has 0 amide bonds. The van der Waals surface area contributed by atoms with Gasteiger partial charge in [0, 0.05) is 6.42 Å². The first-order valence-electron chi connectivity index (χ1n) is 6.08. The van der Waals surface area contributed by atoms with Crippen LogP contribution in [0.15, 0.2) is 30.3 Å². The van der Waals surface area contributed by atoms with Crippen molar-refractivity contribution in [2.75, 3.05) is 6.61 Å². The van der Waals surface area contributed by atoms with Crippen LogP contribution in [0.25, 0.3) is 0 Å². The Bertz CT molecular complexity index is 411. The van der Waals surface area contributed by atoms with Gasteiger partial charge in [-0.3, -0.25) is 0 Å². The number of ether oxygens (including phenoxy) is 1. The molecule has 1 saturated heterocycles. The Hall–Kier alpha value is -1.02. The van der Waals surface area contributed by atoms with Crippen molar-refractivity contribution in [3.05, 3.63) is 35.9 Å². The largest absolute Gasteiger partial charge is 0.394 e. The number of aliphatic hydroxyl groups is 5. The Labute approximate surface area is 110 Å². The lowest BCUT2D eigenvalue weighted by atomic mass is 9.95. The number of hydrogen-bond acceptors (Lipinski definition) is 6. The average Bonchev–Trinajstić information content (AvgIpc) is 2.65. The Balaban J connectivity index is 2.12. The minimum Gasteiger partial charge on any atom is -0.394 e. The molecule has 106 valence electrons. The van der Waals surface area contributed by atoms with Gasteiger partial charge >= 0.3 is 0 Å². The summed E-state index contributed by atoms with van der Waals surface area (Å²) in [6, 6.07) is 8.89. The predicted molar refractivity (Wildman–Crippen MR) is 65.1 cm³/mol. The fourth-order valence-electron chi connectivity index (χ4n) is 2.23. The van der Waals surface area contributed by atoms with Crippen LogP contribution in [0, 0.1) is 0 Å². The maximum absolute atomic E-state index is 10.2. The van der Waals surface area contributed by atoms with Gasteiger partial charge in [0.25, 0.3) is 0 Å². The van der Waals surface area contributed by atoms with E-state index in [4.69, 9.17) is 9.84 Å². The molecule has 6 nitrogen and oxygen atoms in total. The SMILES string of the molecule is OC[C@H]1O[C@](O)(C(O)Cc2ccccc2)[C@@H](O)[C@H]1O. The first-order chi connectivity index (χ1) is 8.99. The Morgan fingerprint density at radius 1 is 1.21 bits per heavy atom. The second-order valence-corrected chi connectivity index (χ2v) is 4.73. The van der Waals surface area contributed by atoms with Crippen molar-refractivity contribution < 1.29 is 30.3 Å². The van der Waals surface area contributed by atoms with Gasteiger partial charge in [-0.05, 0) is 5.56 Å². The third-order valence-corrected chi connectivity index (χ3v) is 3.40. The standard InChI is InChI=1S/C13H18O6/c14-7-9-11(16)12(17)13(18,19-9)10(15)6-8-4-2-1-3-5-8/h1-5,9-12,14-18H,6-7H2/t9-,10?,11+,12+,13-/m1/s1. The minimum atomic E-state index is -2.29. The molecule has 19 heavy (non-hydrogen) atoms. The first-order valence-corrected chi connectivity index (χ1v) is 6.08. The summed E-state index contributed by atoms with van der Waals surface area (Å²) in [5, 5.41) is 48.5. The lowest BCUT2D eigenvalue weighted by Crippen LogP contribution is -2.53. The molecule has 1 fully saturated rings. The molecule has 0 bridgehead atoms. The number of benzene rings is 1. The van der Waals surface area contributed by atoms with Gasteiger partial charge in [0.1, 0.15) is 24.4 Å². The number of aliphatic hydroxyl groups excluding tert-OH is 4. The molecule has 1 aliphatic rings. The third-order valence-electron chi connectivity index (χ3n) is 3.40. The van der Waals surface area contributed by atoms with E-state index >= 15 is 0 Å². The second kappa shape index (κ2) is 5.54. The molecule has 0 aromatic heterocycles. The molecule has 5 N–H and O–H groups in total. The molecule has 1 aliphatic heterocycles. The van der Waals surface area contributed by atoms with Crippen LogP contribution in [0.4, 0.5) is 0 Å². The van der Waals surface area contributed by atoms with Gasteiger partial charge in [-0.25, -0.2) is 0 Å². The van der Waals surface area contributed by atoms with E-state index < -0.39 is 36.8 Å². The zero-order valence-electron chi connectivity index (χ0n) is 10.3. The van der Waals surface area contributed by atoms with Crippen LogP contribution in [0.2, 0.25) is 0 Å². The molecule has 0 aliphatic carbocycles. The summed E-state index contributed by atoms with van der Waals surface area (Å²) in [6.45, 7) is -0.557. The van der Waals surface area contributed by atoms with Gasteiger partial charge in [-0.15, -0.1) is 0 Å². The van der Waals surface area contributed by atoms with Gasteiger partial charge in [0.2, 0.25) is 5.79 Å². The summed E-state index contributed by atoms with van der Waals surface area (Å²) in [5.74, 6) is -2.29. The van der Waals surface area contributed by atoms with E-state index in [0.29, 0.717) is 0 Å².